The van der Waals surface area contributed by atoms with E-state index in [0.29, 0.717) is 12.3 Å². The zero-order valence-electron chi connectivity index (χ0n) is 10.6. The summed E-state index contributed by atoms with van der Waals surface area (Å²) in [6.45, 7) is 0. The van der Waals surface area contributed by atoms with Crippen LogP contribution in [0.3, 0.4) is 0 Å². The Kier molecular flexibility index (Phi) is 3.83. The summed E-state index contributed by atoms with van der Waals surface area (Å²) in [6.07, 6.45) is -4.18. The van der Waals surface area contributed by atoms with Gasteiger partial charge in [-0.3, -0.25) is 14.5 Å². The van der Waals surface area contributed by atoms with Crippen molar-refractivity contribution in [3.8, 4) is 0 Å². The number of benzene rings is 1. The van der Waals surface area contributed by atoms with Crippen LogP contribution in [0, 0.1) is 0 Å². The summed E-state index contributed by atoms with van der Waals surface area (Å²) >= 11 is 0. The Morgan fingerprint density at radius 1 is 1.09 bits per heavy atom. The number of halogens is 3. The van der Waals surface area contributed by atoms with E-state index in [1.54, 1.807) is 9.71 Å². The third-order valence-electron chi connectivity index (χ3n) is 2.55. The molecule has 1 aromatic heterocycles. The van der Waals surface area contributed by atoms with Gasteiger partial charge in [-0.25, -0.2) is 13.2 Å². The number of rotatable bonds is 3. The van der Waals surface area contributed by atoms with Gasteiger partial charge in [0.1, 0.15) is 0 Å². The van der Waals surface area contributed by atoms with Crippen LogP contribution >= 0.6 is 0 Å². The number of aromatic nitrogens is 2. The Hall–Kier alpha value is -2.56. The van der Waals surface area contributed by atoms with E-state index in [-0.39, 0.29) is 0 Å². The van der Waals surface area contributed by atoms with Crippen molar-refractivity contribution in [2.24, 2.45) is 0 Å². The summed E-state index contributed by atoms with van der Waals surface area (Å²) in [5.41, 5.74) is -4.14. The Bertz CT molecular complexity index is 915. The summed E-state index contributed by atoms with van der Waals surface area (Å²) in [7, 11) is -4.61. The molecule has 0 atom stereocenters. The smallest absolute Gasteiger partial charge is 0.313 e. The Morgan fingerprint density at radius 3 is 2.32 bits per heavy atom. The first kappa shape index (κ1) is 15.8. The lowest BCUT2D eigenvalue weighted by molar-refractivity contribution is -0.136. The van der Waals surface area contributed by atoms with Crippen molar-refractivity contribution in [1.82, 2.24) is 9.97 Å². The minimum Gasteiger partial charge on any atom is -0.313 e. The molecule has 0 saturated heterocycles. The van der Waals surface area contributed by atoms with Gasteiger partial charge in [0.25, 0.3) is 15.6 Å². The molecule has 0 aliphatic carbocycles. The molecule has 0 radical (unpaired) electrons. The number of H-pyrrole nitrogens is 2. The maximum Gasteiger partial charge on any atom is 0.418 e. The van der Waals surface area contributed by atoms with Gasteiger partial charge in [0.05, 0.1) is 11.3 Å². The summed E-state index contributed by atoms with van der Waals surface area (Å²) in [4.78, 5) is 25.0. The number of aromatic amines is 2. The number of anilines is 1. The molecule has 7 nitrogen and oxygen atoms in total. The van der Waals surface area contributed by atoms with Crippen LogP contribution < -0.4 is 16.0 Å². The molecule has 0 spiro atoms. The number of alkyl halides is 3. The van der Waals surface area contributed by atoms with Gasteiger partial charge >= 0.3 is 11.9 Å². The predicted octanol–water partition coefficient (Wildman–Crippen LogP) is 0.883. The van der Waals surface area contributed by atoms with Crippen LogP contribution in [-0.2, 0) is 16.2 Å². The third kappa shape index (κ3) is 3.19. The first-order chi connectivity index (χ1) is 10.1. The molecule has 2 rings (SSSR count). The van der Waals surface area contributed by atoms with Gasteiger partial charge < -0.3 is 4.98 Å². The van der Waals surface area contributed by atoms with Crippen molar-refractivity contribution in [2.75, 3.05) is 4.72 Å². The minimum absolute atomic E-state index is 0.597. The highest BCUT2D eigenvalue weighted by Gasteiger charge is 2.34. The van der Waals surface area contributed by atoms with Crippen molar-refractivity contribution in [2.45, 2.75) is 11.1 Å². The summed E-state index contributed by atoms with van der Waals surface area (Å²) < 4.78 is 64.1. The first-order valence-corrected chi connectivity index (χ1v) is 7.10. The van der Waals surface area contributed by atoms with E-state index in [9.17, 15) is 31.2 Å². The van der Waals surface area contributed by atoms with Gasteiger partial charge in [-0.15, -0.1) is 0 Å². The monoisotopic (exact) mass is 335 g/mol. The number of hydrogen-bond donors (Lipinski definition) is 3. The van der Waals surface area contributed by atoms with Gasteiger partial charge in [-0.2, -0.15) is 13.2 Å². The van der Waals surface area contributed by atoms with Crippen LogP contribution in [0.25, 0.3) is 0 Å². The number of sulfonamides is 1. The molecule has 3 N–H and O–H groups in total. The van der Waals surface area contributed by atoms with E-state index in [1.165, 1.54) is 6.07 Å². The number of nitrogens with one attached hydrogen (secondary N) is 3. The van der Waals surface area contributed by atoms with Gasteiger partial charge in [-0.05, 0) is 12.1 Å². The molecule has 0 bridgehead atoms. The number of para-hydroxylation sites is 1. The average molecular weight is 335 g/mol. The predicted molar refractivity (Wildman–Crippen MR) is 69.9 cm³/mol. The van der Waals surface area contributed by atoms with Crippen LogP contribution in [0.1, 0.15) is 5.56 Å². The zero-order valence-corrected chi connectivity index (χ0v) is 11.4. The van der Waals surface area contributed by atoms with E-state index in [0.717, 1.165) is 12.1 Å². The highest BCUT2D eigenvalue weighted by molar-refractivity contribution is 7.92. The molecule has 2 aromatic rings. The van der Waals surface area contributed by atoms with E-state index < -0.39 is 43.6 Å². The van der Waals surface area contributed by atoms with Crippen molar-refractivity contribution >= 4 is 15.7 Å². The lowest BCUT2D eigenvalue weighted by Gasteiger charge is -2.14. The average Bonchev–Trinajstić information content (AvgIpc) is 2.36. The molecule has 118 valence electrons. The largest absolute Gasteiger partial charge is 0.418 e. The molecule has 11 heteroatoms. The normalized spacial score (nSPS) is 12.1. The third-order valence-corrected chi connectivity index (χ3v) is 3.92. The molecule has 0 aliphatic rings. The van der Waals surface area contributed by atoms with Crippen molar-refractivity contribution in [3.63, 3.8) is 0 Å². The minimum atomic E-state index is -4.78. The molecule has 0 unspecified atom stereocenters. The zero-order chi connectivity index (χ0) is 16.5. The van der Waals surface area contributed by atoms with Crippen LogP contribution in [0.15, 0.2) is 44.9 Å². The number of hydrogen-bond acceptors (Lipinski definition) is 4. The maximum atomic E-state index is 12.8. The fraction of sp³-hybridized carbons (Fsp3) is 0.0909. The Morgan fingerprint density at radius 2 is 1.73 bits per heavy atom. The first-order valence-electron chi connectivity index (χ1n) is 5.62. The van der Waals surface area contributed by atoms with Crippen LogP contribution in [0.4, 0.5) is 18.9 Å². The van der Waals surface area contributed by atoms with Crippen LogP contribution in [0.5, 0.6) is 0 Å². The second kappa shape index (κ2) is 5.33. The standard InChI is InChI=1S/C11H8F3N3O4S/c12-11(13,14)6-3-1-2-4-7(6)17-22(20,21)8-5-15-10(19)16-9(8)18/h1-5,17H,(H2,15,16,18,19). The molecule has 0 aliphatic heterocycles. The van der Waals surface area contributed by atoms with Gasteiger partial charge in [0.15, 0.2) is 4.90 Å². The highest BCUT2D eigenvalue weighted by Crippen LogP contribution is 2.35. The van der Waals surface area contributed by atoms with E-state index >= 15 is 0 Å². The highest BCUT2D eigenvalue weighted by atomic mass is 32.2. The topological polar surface area (TPSA) is 112 Å². The lowest BCUT2D eigenvalue weighted by atomic mass is 10.2. The molecule has 0 amide bonds. The quantitative estimate of drug-likeness (QED) is 0.773. The fourth-order valence-corrected chi connectivity index (χ4v) is 2.70. The maximum absolute atomic E-state index is 12.8. The van der Waals surface area contributed by atoms with Gasteiger partial charge in [0, 0.05) is 6.20 Å². The Balaban J connectivity index is 2.51. The van der Waals surface area contributed by atoms with Gasteiger partial charge in [0.2, 0.25) is 0 Å². The van der Waals surface area contributed by atoms with E-state index in [2.05, 4.69) is 0 Å². The van der Waals surface area contributed by atoms with E-state index in [4.69, 9.17) is 0 Å². The van der Waals surface area contributed by atoms with Gasteiger partial charge in [-0.1, -0.05) is 12.1 Å². The molecular weight excluding hydrogens is 327 g/mol. The van der Waals surface area contributed by atoms with Crippen molar-refractivity contribution in [1.29, 1.82) is 0 Å². The molecule has 1 aromatic carbocycles. The van der Waals surface area contributed by atoms with E-state index in [1.807, 2.05) is 4.98 Å². The fourth-order valence-electron chi connectivity index (χ4n) is 1.62. The van der Waals surface area contributed by atoms with Crippen molar-refractivity contribution in [3.05, 3.63) is 56.9 Å². The van der Waals surface area contributed by atoms with Crippen molar-refractivity contribution < 1.29 is 21.6 Å². The Labute approximate surface area is 120 Å². The molecule has 0 fully saturated rings. The molecular formula is C11H8F3N3O4S. The summed E-state index contributed by atoms with van der Waals surface area (Å²) in [5.74, 6) is 0. The SMILES string of the molecule is O=c1[nH]cc(S(=O)(=O)Nc2ccccc2C(F)(F)F)c(=O)[nH]1. The summed E-state index contributed by atoms with van der Waals surface area (Å²) in [5, 5.41) is 0. The molecule has 1 heterocycles. The molecule has 22 heavy (non-hydrogen) atoms. The lowest BCUT2D eigenvalue weighted by Crippen LogP contribution is -2.29. The van der Waals surface area contributed by atoms with Crippen LogP contribution in [-0.4, -0.2) is 18.4 Å². The summed E-state index contributed by atoms with van der Waals surface area (Å²) in [6, 6.07) is 3.88. The molecule has 0 saturated carbocycles. The van der Waals surface area contributed by atoms with Crippen LogP contribution in [0.2, 0.25) is 0 Å². The second-order valence-corrected chi connectivity index (χ2v) is 5.74. The second-order valence-electron chi connectivity index (χ2n) is 4.09.